The SMILES string of the molecule is Cc1cc(-n2c(C3CCOCC3)cc3c(O)cccc32)ccc1F. The Bertz CT molecular complexity index is 894. The minimum atomic E-state index is -0.203. The zero-order valence-corrected chi connectivity index (χ0v) is 13.6. The average Bonchev–Trinajstić information content (AvgIpc) is 2.99. The van der Waals surface area contributed by atoms with Crippen molar-refractivity contribution in [3.05, 3.63) is 59.5 Å². The lowest BCUT2D eigenvalue weighted by atomic mass is 9.96. The highest BCUT2D eigenvalue weighted by molar-refractivity contribution is 5.89. The van der Waals surface area contributed by atoms with Gasteiger partial charge in [0, 0.05) is 35.9 Å². The van der Waals surface area contributed by atoms with Crippen LogP contribution in [0.25, 0.3) is 16.6 Å². The summed E-state index contributed by atoms with van der Waals surface area (Å²) < 4.78 is 21.3. The van der Waals surface area contributed by atoms with E-state index >= 15 is 0 Å². The Morgan fingerprint density at radius 1 is 1.12 bits per heavy atom. The summed E-state index contributed by atoms with van der Waals surface area (Å²) in [4.78, 5) is 0. The van der Waals surface area contributed by atoms with Crippen LogP contribution in [0.4, 0.5) is 4.39 Å². The number of nitrogens with zero attached hydrogens (tertiary/aromatic N) is 1. The molecule has 0 bridgehead atoms. The molecule has 3 nitrogen and oxygen atoms in total. The molecular formula is C20H20FNO2. The van der Waals surface area contributed by atoms with E-state index < -0.39 is 0 Å². The van der Waals surface area contributed by atoms with Crippen molar-refractivity contribution < 1.29 is 14.2 Å². The van der Waals surface area contributed by atoms with Gasteiger partial charge in [-0.2, -0.15) is 0 Å². The number of benzene rings is 2. The monoisotopic (exact) mass is 325 g/mol. The van der Waals surface area contributed by atoms with Gasteiger partial charge in [-0.25, -0.2) is 4.39 Å². The normalized spacial score (nSPS) is 15.9. The van der Waals surface area contributed by atoms with E-state index in [1.54, 1.807) is 19.1 Å². The van der Waals surface area contributed by atoms with Gasteiger partial charge in [0.25, 0.3) is 0 Å². The van der Waals surface area contributed by atoms with E-state index in [4.69, 9.17) is 4.74 Å². The average molecular weight is 325 g/mol. The van der Waals surface area contributed by atoms with Gasteiger partial charge in [-0.3, -0.25) is 0 Å². The van der Waals surface area contributed by atoms with E-state index in [1.165, 1.54) is 6.07 Å². The highest BCUT2D eigenvalue weighted by Gasteiger charge is 2.23. The predicted molar refractivity (Wildman–Crippen MR) is 92.4 cm³/mol. The highest BCUT2D eigenvalue weighted by Crippen LogP contribution is 2.37. The van der Waals surface area contributed by atoms with Gasteiger partial charge in [-0.15, -0.1) is 0 Å². The van der Waals surface area contributed by atoms with Gasteiger partial charge in [0.15, 0.2) is 0 Å². The van der Waals surface area contributed by atoms with E-state index in [-0.39, 0.29) is 11.6 Å². The lowest BCUT2D eigenvalue weighted by Gasteiger charge is -2.24. The molecule has 1 aromatic heterocycles. The molecule has 0 aliphatic carbocycles. The lowest BCUT2D eigenvalue weighted by molar-refractivity contribution is 0.0842. The fourth-order valence-corrected chi connectivity index (χ4v) is 3.59. The van der Waals surface area contributed by atoms with Crippen LogP contribution in [-0.2, 0) is 4.74 Å². The van der Waals surface area contributed by atoms with Gasteiger partial charge < -0.3 is 14.4 Å². The number of hydrogen-bond donors (Lipinski definition) is 1. The maximum atomic E-state index is 13.7. The van der Waals surface area contributed by atoms with Crippen LogP contribution in [0.2, 0.25) is 0 Å². The first-order chi connectivity index (χ1) is 11.6. The van der Waals surface area contributed by atoms with Crippen LogP contribution in [0.3, 0.4) is 0 Å². The van der Waals surface area contributed by atoms with Crippen LogP contribution in [0, 0.1) is 12.7 Å². The lowest BCUT2D eigenvalue weighted by Crippen LogP contribution is -2.16. The van der Waals surface area contributed by atoms with E-state index in [1.807, 2.05) is 18.2 Å². The van der Waals surface area contributed by atoms with Gasteiger partial charge in [0.1, 0.15) is 11.6 Å². The second kappa shape index (κ2) is 5.95. The smallest absolute Gasteiger partial charge is 0.126 e. The van der Waals surface area contributed by atoms with Gasteiger partial charge >= 0.3 is 0 Å². The first kappa shape index (κ1) is 15.2. The van der Waals surface area contributed by atoms with Gasteiger partial charge in [-0.1, -0.05) is 6.07 Å². The second-order valence-corrected chi connectivity index (χ2v) is 6.43. The minimum absolute atomic E-state index is 0.203. The molecule has 24 heavy (non-hydrogen) atoms. The Morgan fingerprint density at radius 2 is 1.92 bits per heavy atom. The van der Waals surface area contributed by atoms with E-state index in [0.29, 0.717) is 11.5 Å². The van der Waals surface area contributed by atoms with Gasteiger partial charge in [-0.05, 0) is 61.7 Å². The molecular weight excluding hydrogens is 305 g/mol. The number of ether oxygens (including phenoxy) is 1. The van der Waals surface area contributed by atoms with Gasteiger partial charge in [0.05, 0.1) is 5.52 Å². The number of rotatable bonds is 2. The molecule has 0 unspecified atom stereocenters. The van der Waals surface area contributed by atoms with Crippen molar-refractivity contribution in [2.75, 3.05) is 13.2 Å². The molecule has 0 spiro atoms. The molecule has 1 saturated heterocycles. The summed E-state index contributed by atoms with van der Waals surface area (Å²) in [6.45, 7) is 3.28. The van der Waals surface area contributed by atoms with Crippen molar-refractivity contribution in [2.45, 2.75) is 25.7 Å². The minimum Gasteiger partial charge on any atom is -0.507 e. The number of phenols is 1. The fourth-order valence-electron chi connectivity index (χ4n) is 3.59. The highest BCUT2D eigenvalue weighted by atomic mass is 19.1. The Balaban J connectivity index is 1.96. The molecule has 0 saturated carbocycles. The molecule has 0 amide bonds. The van der Waals surface area contributed by atoms with Gasteiger partial charge in [0.2, 0.25) is 0 Å². The van der Waals surface area contributed by atoms with Crippen molar-refractivity contribution in [2.24, 2.45) is 0 Å². The number of hydrogen-bond acceptors (Lipinski definition) is 2. The molecule has 1 N–H and O–H groups in total. The van der Waals surface area contributed by atoms with E-state index in [9.17, 15) is 9.50 Å². The maximum absolute atomic E-state index is 13.7. The van der Waals surface area contributed by atoms with Crippen LogP contribution < -0.4 is 0 Å². The van der Waals surface area contributed by atoms with Crippen molar-refractivity contribution in [3.8, 4) is 11.4 Å². The summed E-state index contributed by atoms with van der Waals surface area (Å²) in [5, 5.41) is 11.1. The van der Waals surface area contributed by atoms with Crippen LogP contribution in [0.5, 0.6) is 5.75 Å². The number of aromatic nitrogens is 1. The predicted octanol–water partition coefficient (Wildman–Crippen LogP) is 4.68. The first-order valence-corrected chi connectivity index (χ1v) is 8.33. The maximum Gasteiger partial charge on any atom is 0.126 e. The fraction of sp³-hybridized carbons (Fsp3) is 0.300. The molecule has 2 aromatic carbocycles. The molecule has 3 aromatic rings. The summed E-state index contributed by atoms with van der Waals surface area (Å²) in [5.74, 6) is 0.444. The molecule has 4 rings (SSSR count). The number of halogens is 1. The zero-order valence-electron chi connectivity index (χ0n) is 13.6. The largest absolute Gasteiger partial charge is 0.507 e. The molecule has 0 radical (unpaired) electrons. The van der Waals surface area contributed by atoms with Crippen LogP contribution in [0.15, 0.2) is 42.5 Å². The second-order valence-electron chi connectivity index (χ2n) is 6.43. The summed E-state index contributed by atoms with van der Waals surface area (Å²) in [7, 11) is 0. The first-order valence-electron chi connectivity index (χ1n) is 8.33. The summed E-state index contributed by atoms with van der Waals surface area (Å²) in [6, 6.07) is 12.8. The van der Waals surface area contributed by atoms with Crippen LogP contribution in [-0.4, -0.2) is 22.9 Å². The van der Waals surface area contributed by atoms with Crippen molar-refractivity contribution in [1.82, 2.24) is 4.57 Å². The van der Waals surface area contributed by atoms with Crippen molar-refractivity contribution in [1.29, 1.82) is 0 Å². The summed E-state index contributed by atoms with van der Waals surface area (Å²) in [6.07, 6.45) is 1.91. The molecule has 0 atom stereocenters. The molecule has 1 fully saturated rings. The molecule has 4 heteroatoms. The molecule has 2 heterocycles. The van der Waals surface area contributed by atoms with Crippen molar-refractivity contribution >= 4 is 10.9 Å². The number of aryl methyl sites for hydroxylation is 1. The van der Waals surface area contributed by atoms with Crippen molar-refractivity contribution in [3.63, 3.8) is 0 Å². The topological polar surface area (TPSA) is 34.4 Å². The summed E-state index contributed by atoms with van der Waals surface area (Å²) in [5.41, 5.74) is 3.65. The van der Waals surface area contributed by atoms with E-state index in [0.717, 1.165) is 48.3 Å². The quantitative estimate of drug-likeness (QED) is 0.742. The molecule has 1 aliphatic heterocycles. The van der Waals surface area contributed by atoms with Crippen LogP contribution in [0.1, 0.15) is 30.0 Å². The Labute approximate surface area is 140 Å². The van der Waals surface area contributed by atoms with E-state index in [2.05, 4.69) is 10.6 Å². The van der Waals surface area contributed by atoms with Crippen LogP contribution >= 0.6 is 0 Å². The standard InChI is InChI=1S/C20H20FNO2/c1-13-11-15(5-6-17(13)21)22-18-3-2-4-20(23)16(18)12-19(22)14-7-9-24-10-8-14/h2-6,11-12,14,23H,7-10H2,1H3. The third kappa shape index (κ3) is 2.47. The molecule has 1 aliphatic rings. The molecule has 124 valence electrons. The number of fused-ring (bicyclic) bond motifs is 1. The third-order valence-electron chi connectivity index (χ3n) is 4.89. The third-order valence-corrected chi connectivity index (χ3v) is 4.89. The number of phenolic OH excluding ortho intramolecular Hbond substituents is 1. The number of aromatic hydroxyl groups is 1. The Morgan fingerprint density at radius 3 is 2.67 bits per heavy atom. The Hall–Kier alpha value is -2.33. The Kier molecular flexibility index (Phi) is 3.77. The summed E-state index contributed by atoms with van der Waals surface area (Å²) >= 11 is 0. The zero-order chi connectivity index (χ0) is 16.7.